The molecule has 0 aliphatic rings. The first-order valence-corrected chi connectivity index (χ1v) is 5.51. The van der Waals surface area contributed by atoms with Crippen molar-refractivity contribution in [2.75, 3.05) is 18.4 Å². The van der Waals surface area contributed by atoms with E-state index >= 15 is 0 Å². The fraction of sp³-hybridized carbons (Fsp3) is 0.273. The molecule has 0 bridgehead atoms. The van der Waals surface area contributed by atoms with Crippen LogP contribution in [0.25, 0.3) is 0 Å². The van der Waals surface area contributed by atoms with E-state index in [1.807, 2.05) is 0 Å². The SMILES string of the molecule is CC(=O)NCCNC(=O)Nc1ccccc1Cl. The smallest absolute Gasteiger partial charge is 0.319 e. The number of nitrogens with one attached hydrogen (secondary N) is 3. The molecule has 0 saturated carbocycles. The van der Waals surface area contributed by atoms with Crippen molar-refractivity contribution in [3.05, 3.63) is 29.3 Å². The summed E-state index contributed by atoms with van der Waals surface area (Å²) in [5.41, 5.74) is 0.547. The van der Waals surface area contributed by atoms with Crippen LogP contribution in [0.3, 0.4) is 0 Å². The minimum absolute atomic E-state index is 0.127. The van der Waals surface area contributed by atoms with Gasteiger partial charge in [0, 0.05) is 20.0 Å². The molecular weight excluding hydrogens is 242 g/mol. The number of carbonyl (C=O) groups is 2. The van der Waals surface area contributed by atoms with Crippen LogP contribution >= 0.6 is 11.6 Å². The molecule has 0 unspecified atom stereocenters. The Morgan fingerprint density at radius 3 is 2.47 bits per heavy atom. The summed E-state index contributed by atoms with van der Waals surface area (Å²) < 4.78 is 0. The number of carbonyl (C=O) groups excluding carboxylic acids is 2. The minimum Gasteiger partial charge on any atom is -0.355 e. The van der Waals surface area contributed by atoms with Gasteiger partial charge in [-0.25, -0.2) is 4.79 Å². The molecule has 0 spiro atoms. The van der Waals surface area contributed by atoms with Crippen LogP contribution in [0.1, 0.15) is 6.92 Å². The monoisotopic (exact) mass is 255 g/mol. The predicted molar refractivity (Wildman–Crippen MR) is 67.2 cm³/mol. The summed E-state index contributed by atoms with van der Waals surface area (Å²) in [7, 11) is 0. The molecule has 0 radical (unpaired) electrons. The van der Waals surface area contributed by atoms with E-state index in [-0.39, 0.29) is 11.9 Å². The van der Waals surface area contributed by atoms with Crippen molar-refractivity contribution in [1.29, 1.82) is 0 Å². The quantitative estimate of drug-likeness (QED) is 0.715. The number of para-hydroxylation sites is 1. The van der Waals surface area contributed by atoms with E-state index in [1.54, 1.807) is 24.3 Å². The Morgan fingerprint density at radius 2 is 1.82 bits per heavy atom. The van der Waals surface area contributed by atoms with Gasteiger partial charge in [-0.2, -0.15) is 0 Å². The molecule has 0 aliphatic heterocycles. The molecule has 1 rings (SSSR count). The normalized spacial score (nSPS) is 9.53. The second-order valence-electron chi connectivity index (χ2n) is 3.34. The zero-order valence-corrected chi connectivity index (χ0v) is 10.2. The highest BCUT2D eigenvalue weighted by Gasteiger charge is 2.03. The summed E-state index contributed by atoms with van der Waals surface area (Å²) in [6, 6.07) is 6.59. The van der Waals surface area contributed by atoms with E-state index in [4.69, 9.17) is 11.6 Å². The van der Waals surface area contributed by atoms with Gasteiger partial charge in [0.25, 0.3) is 0 Å². The maximum absolute atomic E-state index is 11.4. The van der Waals surface area contributed by atoms with E-state index < -0.39 is 0 Å². The van der Waals surface area contributed by atoms with E-state index in [1.165, 1.54) is 6.92 Å². The maximum atomic E-state index is 11.4. The van der Waals surface area contributed by atoms with Gasteiger partial charge in [-0.15, -0.1) is 0 Å². The second-order valence-corrected chi connectivity index (χ2v) is 3.75. The Morgan fingerprint density at radius 1 is 1.18 bits per heavy atom. The summed E-state index contributed by atoms with van der Waals surface area (Å²) in [6.07, 6.45) is 0. The van der Waals surface area contributed by atoms with Gasteiger partial charge in [0.2, 0.25) is 5.91 Å². The lowest BCUT2D eigenvalue weighted by atomic mass is 10.3. The number of halogens is 1. The molecule has 0 saturated heterocycles. The van der Waals surface area contributed by atoms with Gasteiger partial charge in [0.05, 0.1) is 10.7 Å². The first-order valence-electron chi connectivity index (χ1n) is 5.13. The van der Waals surface area contributed by atoms with Crippen LogP contribution in [0.5, 0.6) is 0 Å². The van der Waals surface area contributed by atoms with E-state index in [2.05, 4.69) is 16.0 Å². The fourth-order valence-electron chi connectivity index (χ4n) is 1.14. The number of amides is 3. The first-order chi connectivity index (χ1) is 8.09. The highest BCUT2D eigenvalue weighted by atomic mass is 35.5. The van der Waals surface area contributed by atoms with Crippen molar-refractivity contribution in [3.63, 3.8) is 0 Å². The Balaban J connectivity index is 2.30. The topological polar surface area (TPSA) is 70.2 Å². The van der Waals surface area contributed by atoms with Gasteiger partial charge in [0.15, 0.2) is 0 Å². The Hall–Kier alpha value is -1.75. The number of rotatable bonds is 4. The molecule has 0 aliphatic carbocycles. The number of hydrogen-bond acceptors (Lipinski definition) is 2. The van der Waals surface area contributed by atoms with Gasteiger partial charge >= 0.3 is 6.03 Å². The van der Waals surface area contributed by atoms with E-state index in [9.17, 15) is 9.59 Å². The molecule has 0 atom stereocenters. The molecule has 5 nitrogen and oxygen atoms in total. The number of urea groups is 1. The molecular formula is C11H14ClN3O2. The lowest BCUT2D eigenvalue weighted by Crippen LogP contribution is -2.36. The largest absolute Gasteiger partial charge is 0.355 e. The van der Waals surface area contributed by atoms with Crippen LogP contribution in [0.2, 0.25) is 5.02 Å². The van der Waals surface area contributed by atoms with E-state index in [0.29, 0.717) is 23.8 Å². The van der Waals surface area contributed by atoms with Crippen molar-refractivity contribution in [2.24, 2.45) is 0 Å². The van der Waals surface area contributed by atoms with Crippen molar-refractivity contribution in [1.82, 2.24) is 10.6 Å². The highest BCUT2D eigenvalue weighted by Crippen LogP contribution is 2.19. The third kappa shape index (κ3) is 5.21. The molecule has 1 aromatic rings. The number of hydrogen-bond donors (Lipinski definition) is 3. The molecule has 3 N–H and O–H groups in total. The predicted octanol–water partition coefficient (Wildman–Crippen LogP) is 1.60. The zero-order chi connectivity index (χ0) is 12.7. The molecule has 0 fully saturated rings. The summed E-state index contributed by atoms with van der Waals surface area (Å²) in [5.74, 6) is -0.127. The standard InChI is InChI=1S/C11H14ClN3O2/c1-8(16)13-6-7-14-11(17)15-10-5-3-2-4-9(10)12/h2-5H,6-7H2,1H3,(H,13,16)(H2,14,15,17). The van der Waals surface area contributed by atoms with Gasteiger partial charge in [-0.1, -0.05) is 23.7 Å². The molecule has 92 valence electrons. The Kier molecular flexibility index (Phi) is 5.29. The Labute approximate surface area is 105 Å². The van der Waals surface area contributed by atoms with Crippen LogP contribution in [0.4, 0.5) is 10.5 Å². The summed E-state index contributed by atoms with van der Waals surface area (Å²) in [5, 5.41) is 8.24. The van der Waals surface area contributed by atoms with Gasteiger partial charge in [-0.3, -0.25) is 4.79 Å². The zero-order valence-electron chi connectivity index (χ0n) is 9.42. The first kappa shape index (κ1) is 13.3. The summed E-state index contributed by atoms with van der Waals surface area (Å²) in [6.45, 7) is 2.17. The van der Waals surface area contributed by atoms with Crippen LogP contribution in [-0.2, 0) is 4.79 Å². The molecule has 0 heterocycles. The average Bonchev–Trinajstić information content (AvgIpc) is 2.27. The van der Waals surface area contributed by atoms with Crippen molar-refractivity contribution < 1.29 is 9.59 Å². The fourth-order valence-corrected chi connectivity index (χ4v) is 1.33. The van der Waals surface area contributed by atoms with Crippen molar-refractivity contribution in [2.45, 2.75) is 6.92 Å². The van der Waals surface area contributed by atoms with Crippen LogP contribution < -0.4 is 16.0 Å². The number of anilines is 1. The van der Waals surface area contributed by atoms with Crippen LogP contribution in [0.15, 0.2) is 24.3 Å². The molecule has 6 heteroatoms. The van der Waals surface area contributed by atoms with Gasteiger partial charge in [-0.05, 0) is 12.1 Å². The molecule has 17 heavy (non-hydrogen) atoms. The number of benzene rings is 1. The lowest BCUT2D eigenvalue weighted by molar-refractivity contribution is -0.118. The van der Waals surface area contributed by atoms with Crippen molar-refractivity contribution in [3.8, 4) is 0 Å². The molecule has 0 aromatic heterocycles. The lowest BCUT2D eigenvalue weighted by Gasteiger charge is -2.08. The van der Waals surface area contributed by atoms with Crippen molar-refractivity contribution >= 4 is 29.2 Å². The minimum atomic E-state index is -0.358. The molecule has 3 amide bonds. The van der Waals surface area contributed by atoms with E-state index in [0.717, 1.165) is 0 Å². The Bertz CT molecular complexity index is 409. The third-order valence-corrected chi connectivity index (χ3v) is 2.24. The second kappa shape index (κ2) is 6.75. The van der Waals surface area contributed by atoms with Gasteiger partial charge < -0.3 is 16.0 Å². The van der Waals surface area contributed by atoms with Gasteiger partial charge in [0.1, 0.15) is 0 Å². The van der Waals surface area contributed by atoms with Crippen LogP contribution in [0, 0.1) is 0 Å². The maximum Gasteiger partial charge on any atom is 0.319 e. The highest BCUT2D eigenvalue weighted by molar-refractivity contribution is 6.33. The molecule has 1 aromatic carbocycles. The third-order valence-electron chi connectivity index (χ3n) is 1.91. The summed E-state index contributed by atoms with van der Waals surface area (Å²) >= 11 is 5.87. The van der Waals surface area contributed by atoms with Crippen LogP contribution in [-0.4, -0.2) is 25.0 Å². The average molecular weight is 256 g/mol. The summed E-state index contributed by atoms with van der Waals surface area (Å²) in [4.78, 5) is 22.0.